The first-order chi connectivity index (χ1) is 11.2. The Morgan fingerprint density at radius 3 is 2.74 bits per heavy atom. The Morgan fingerprint density at radius 1 is 1.30 bits per heavy atom. The molecule has 3 rings (SSSR count). The van der Waals surface area contributed by atoms with Gasteiger partial charge in [0.25, 0.3) is 0 Å². The summed E-state index contributed by atoms with van der Waals surface area (Å²) < 4.78 is 5.65. The topological polar surface area (TPSA) is 70.6 Å². The van der Waals surface area contributed by atoms with Crippen LogP contribution in [0.5, 0.6) is 5.75 Å². The van der Waals surface area contributed by atoms with Gasteiger partial charge in [0.1, 0.15) is 5.75 Å². The number of aliphatic hydroxyl groups is 1. The van der Waals surface area contributed by atoms with E-state index in [9.17, 15) is 9.90 Å². The molecule has 0 unspecified atom stereocenters. The van der Waals surface area contributed by atoms with Crippen molar-refractivity contribution in [1.29, 1.82) is 0 Å². The molecule has 5 nitrogen and oxygen atoms in total. The Bertz CT molecular complexity index is 624. The van der Waals surface area contributed by atoms with Gasteiger partial charge < -0.3 is 20.5 Å². The van der Waals surface area contributed by atoms with Crippen molar-refractivity contribution in [3.8, 4) is 5.75 Å². The molecule has 1 aromatic heterocycles. The number of thiophene rings is 1. The second-order valence-corrected chi connectivity index (χ2v) is 6.47. The highest BCUT2D eigenvalue weighted by Crippen LogP contribution is 2.29. The Balaban J connectivity index is 1.41. The van der Waals surface area contributed by atoms with Gasteiger partial charge >= 0.3 is 6.03 Å². The number of ether oxygens (including phenoxy) is 1. The van der Waals surface area contributed by atoms with E-state index in [4.69, 9.17) is 4.74 Å². The zero-order chi connectivity index (χ0) is 16.1. The number of hydrogen-bond donors (Lipinski definition) is 3. The fraction of sp³-hybridized carbons (Fsp3) is 0.353. The van der Waals surface area contributed by atoms with E-state index in [-0.39, 0.29) is 12.6 Å². The quantitative estimate of drug-likeness (QED) is 0.728. The molecular weight excluding hydrogens is 312 g/mol. The van der Waals surface area contributed by atoms with Gasteiger partial charge in [-0.05, 0) is 65.4 Å². The molecule has 0 aliphatic heterocycles. The number of amides is 2. The fourth-order valence-electron chi connectivity index (χ4n) is 2.08. The van der Waals surface area contributed by atoms with Crippen molar-refractivity contribution in [2.75, 3.05) is 18.5 Å². The van der Waals surface area contributed by atoms with Crippen LogP contribution in [-0.2, 0) is 0 Å². The Kier molecular flexibility index (Phi) is 5.15. The molecule has 1 atom stereocenters. The van der Waals surface area contributed by atoms with E-state index in [1.165, 1.54) is 24.2 Å². The summed E-state index contributed by atoms with van der Waals surface area (Å²) in [4.78, 5) is 11.8. The second-order valence-electron chi connectivity index (χ2n) is 5.69. The first-order valence-corrected chi connectivity index (χ1v) is 8.63. The minimum atomic E-state index is -0.690. The van der Waals surface area contributed by atoms with E-state index in [1.807, 2.05) is 29.0 Å². The van der Waals surface area contributed by atoms with E-state index in [0.29, 0.717) is 11.6 Å². The van der Waals surface area contributed by atoms with Crippen molar-refractivity contribution in [2.45, 2.75) is 18.9 Å². The number of rotatable bonds is 7. The van der Waals surface area contributed by atoms with Gasteiger partial charge in [-0.1, -0.05) is 0 Å². The molecule has 122 valence electrons. The van der Waals surface area contributed by atoms with Gasteiger partial charge in [-0.2, -0.15) is 11.3 Å². The smallest absolute Gasteiger partial charge is 0.319 e. The average molecular weight is 332 g/mol. The predicted molar refractivity (Wildman–Crippen MR) is 91.0 cm³/mol. The maximum absolute atomic E-state index is 11.8. The van der Waals surface area contributed by atoms with Crippen LogP contribution in [0, 0.1) is 5.92 Å². The molecule has 6 heteroatoms. The van der Waals surface area contributed by atoms with Gasteiger partial charge in [-0.3, -0.25) is 0 Å². The van der Waals surface area contributed by atoms with Crippen molar-refractivity contribution < 1.29 is 14.6 Å². The van der Waals surface area contributed by atoms with Crippen LogP contribution in [0.2, 0.25) is 0 Å². The van der Waals surface area contributed by atoms with Gasteiger partial charge in [0.2, 0.25) is 0 Å². The van der Waals surface area contributed by atoms with Crippen LogP contribution in [0.1, 0.15) is 24.5 Å². The highest BCUT2D eigenvalue weighted by molar-refractivity contribution is 7.07. The molecule has 1 fully saturated rings. The first-order valence-electron chi connectivity index (χ1n) is 7.68. The van der Waals surface area contributed by atoms with Crippen molar-refractivity contribution in [3.05, 3.63) is 46.7 Å². The highest BCUT2D eigenvalue weighted by atomic mass is 32.1. The number of hydrogen-bond acceptors (Lipinski definition) is 4. The minimum absolute atomic E-state index is 0.172. The summed E-state index contributed by atoms with van der Waals surface area (Å²) in [6, 6.07) is 8.80. The van der Waals surface area contributed by atoms with Crippen LogP contribution in [0.15, 0.2) is 41.1 Å². The largest absolute Gasteiger partial charge is 0.493 e. The zero-order valence-corrected chi connectivity index (χ0v) is 13.5. The van der Waals surface area contributed by atoms with Gasteiger partial charge in [0.05, 0.1) is 12.7 Å². The molecule has 3 N–H and O–H groups in total. The third-order valence-corrected chi connectivity index (χ3v) is 4.38. The highest BCUT2D eigenvalue weighted by Gasteiger charge is 2.21. The molecular formula is C17H20N2O3S. The van der Waals surface area contributed by atoms with E-state index < -0.39 is 6.10 Å². The molecule has 1 aliphatic rings. The van der Waals surface area contributed by atoms with Gasteiger partial charge in [-0.15, -0.1) is 0 Å². The molecule has 1 heterocycles. The number of anilines is 1. The van der Waals surface area contributed by atoms with Gasteiger partial charge in [-0.25, -0.2) is 4.79 Å². The normalized spacial score (nSPS) is 15.0. The third-order valence-electron chi connectivity index (χ3n) is 3.68. The molecule has 0 bridgehead atoms. The van der Waals surface area contributed by atoms with Crippen molar-refractivity contribution in [3.63, 3.8) is 0 Å². The first kappa shape index (κ1) is 15.8. The Labute approximate surface area is 139 Å². The van der Waals surface area contributed by atoms with Crippen LogP contribution in [0.4, 0.5) is 10.5 Å². The summed E-state index contributed by atoms with van der Waals surface area (Å²) in [5.41, 5.74) is 1.50. The van der Waals surface area contributed by atoms with Crippen LogP contribution < -0.4 is 15.4 Å². The monoisotopic (exact) mass is 332 g/mol. The lowest BCUT2D eigenvalue weighted by molar-refractivity contribution is 0.175. The standard InChI is InChI=1S/C17H20N2O3S/c20-16(13-7-8-23-11-13)9-18-17(21)19-14-3-5-15(6-4-14)22-10-12-1-2-12/h3-8,11-12,16,20H,1-2,9-10H2,(H2,18,19,21)/t16-/m0/s1. The van der Waals surface area contributed by atoms with Crippen LogP contribution in [-0.4, -0.2) is 24.3 Å². The number of carbonyl (C=O) groups excluding carboxylic acids is 1. The summed E-state index contributed by atoms with van der Waals surface area (Å²) >= 11 is 1.52. The summed E-state index contributed by atoms with van der Waals surface area (Å²) in [5, 5.41) is 19.1. The number of nitrogens with one attached hydrogen (secondary N) is 2. The summed E-state index contributed by atoms with van der Waals surface area (Å²) in [7, 11) is 0. The minimum Gasteiger partial charge on any atom is -0.493 e. The van der Waals surface area contributed by atoms with E-state index >= 15 is 0 Å². The third kappa shape index (κ3) is 4.97. The van der Waals surface area contributed by atoms with E-state index in [0.717, 1.165) is 17.9 Å². The molecule has 0 saturated heterocycles. The van der Waals surface area contributed by atoms with Crippen LogP contribution in [0.25, 0.3) is 0 Å². The lowest BCUT2D eigenvalue weighted by Gasteiger charge is -2.12. The molecule has 1 saturated carbocycles. The maximum Gasteiger partial charge on any atom is 0.319 e. The lowest BCUT2D eigenvalue weighted by atomic mass is 10.2. The predicted octanol–water partition coefficient (Wildman–Crippen LogP) is 3.39. The number of carbonyl (C=O) groups is 1. The number of benzene rings is 1. The molecule has 2 amide bonds. The SMILES string of the molecule is O=C(NC[C@H](O)c1ccsc1)Nc1ccc(OCC2CC2)cc1. The summed E-state index contributed by atoms with van der Waals surface area (Å²) in [6.45, 7) is 0.943. The fourth-order valence-corrected chi connectivity index (χ4v) is 2.79. The molecule has 0 radical (unpaired) electrons. The molecule has 23 heavy (non-hydrogen) atoms. The molecule has 1 aliphatic carbocycles. The van der Waals surface area contributed by atoms with Crippen molar-refractivity contribution in [2.24, 2.45) is 5.92 Å². The maximum atomic E-state index is 11.8. The van der Waals surface area contributed by atoms with Crippen LogP contribution >= 0.6 is 11.3 Å². The average Bonchev–Trinajstić information content (AvgIpc) is 3.23. The van der Waals surface area contributed by atoms with Gasteiger partial charge in [0, 0.05) is 12.2 Å². The van der Waals surface area contributed by atoms with Crippen molar-refractivity contribution in [1.82, 2.24) is 5.32 Å². The number of urea groups is 1. The summed E-state index contributed by atoms with van der Waals surface area (Å²) in [6.07, 6.45) is 1.83. The summed E-state index contributed by atoms with van der Waals surface area (Å²) in [5.74, 6) is 1.53. The molecule has 0 spiro atoms. The van der Waals surface area contributed by atoms with E-state index in [2.05, 4.69) is 10.6 Å². The zero-order valence-electron chi connectivity index (χ0n) is 12.7. The van der Waals surface area contributed by atoms with Crippen LogP contribution in [0.3, 0.4) is 0 Å². The second kappa shape index (κ2) is 7.48. The van der Waals surface area contributed by atoms with Crippen molar-refractivity contribution >= 4 is 23.1 Å². The van der Waals surface area contributed by atoms with E-state index in [1.54, 1.807) is 12.1 Å². The number of aliphatic hydroxyl groups excluding tert-OH is 1. The van der Waals surface area contributed by atoms with Gasteiger partial charge in [0.15, 0.2) is 0 Å². The lowest BCUT2D eigenvalue weighted by Crippen LogP contribution is -2.32. The molecule has 1 aromatic carbocycles. The Hall–Kier alpha value is -2.05. The molecule has 2 aromatic rings. The Morgan fingerprint density at radius 2 is 2.09 bits per heavy atom.